The van der Waals surface area contributed by atoms with Gasteiger partial charge in [-0.05, 0) is 19.9 Å². The van der Waals surface area contributed by atoms with Crippen LogP contribution in [0.25, 0.3) is 0 Å². The van der Waals surface area contributed by atoms with Gasteiger partial charge in [0.25, 0.3) is 11.6 Å². The predicted octanol–water partition coefficient (Wildman–Crippen LogP) is 2.25. The van der Waals surface area contributed by atoms with Gasteiger partial charge in [-0.2, -0.15) is 0 Å². The summed E-state index contributed by atoms with van der Waals surface area (Å²) in [7, 11) is 1.40. The monoisotopic (exact) mass is 344 g/mol. The van der Waals surface area contributed by atoms with Crippen LogP contribution in [0.1, 0.15) is 25.5 Å². The van der Waals surface area contributed by atoms with Gasteiger partial charge < -0.3 is 15.4 Å². The molecule has 0 bridgehead atoms. The van der Waals surface area contributed by atoms with E-state index in [-0.39, 0.29) is 29.4 Å². The zero-order chi connectivity index (χ0) is 18.4. The van der Waals surface area contributed by atoms with E-state index < -0.39 is 4.92 Å². The van der Waals surface area contributed by atoms with Gasteiger partial charge >= 0.3 is 0 Å². The summed E-state index contributed by atoms with van der Waals surface area (Å²) >= 11 is 0. The fraction of sp³-hybridized carbons (Fsp3) is 0.278. The number of non-ortho nitro benzene ring substituents is 1. The Morgan fingerprint density at radius 1 is 1.20 bits per heavy atom. The van der Waals surface area contributed by atoms with E-state index in [4.69, 9.17) is 4.74 Å². The number of amides is 1. The van der Waals surface area contributed by atoms with Crippen molar-refractivity contribution in [2.24, 2.45) is 0 Å². The zero-order valence-electron chi connectivity index (χ0n) is 14.4. The second kappa shape index (κ2) is 8.25. The number of hydrogen-bond donors (Lipinski definition) is 2. The Labute approximate surface area is 146 Å². The lowest BCUT2D eigenvalue weighted by molar-refractivity contribution is -0.709. The van der Waals surface area contributed by atoms with Crippen molar-refractivity contribution in [1.29, 1.82) is 0 Å². The van der Waals surface area contributed by atoms with Crippen molar-refractivity contribution in [3.63, 3.8) is 0 Å². The van der Waals surface area contributed by atoms with E-state index in [2.05, 4.69) is 5.32 Å². The third-order valence-corrected chi connectivity index (χ3v) is 3.97. The number of nitro groups is 1. The smallest absolute Gasteiger partial charge is 0.282 e. The molecule has 2 aromatic carbocycles. The van der Waals surface area contributed by atoms with Crippen molar-refractivity contribution in [2.45, 2.75) is 25.9 Å². The van der Waals surface area contributed by atoms with Crippen molar-refractivity contribution in [2.75, 3.05) is 12.4 Å². The maximum atomic E-state index is 12.4. The number of nitrogens with zero attached hydrogens (tertiary/aromatic N) is 1. The Morgan fingerprint density at radius 3 is 2.48 bits per heavy atom. The van der Waals surface area contributed by atoms with Crippen LogP contribution in [0.5, 0.6) is 5.75 Å². The third-order valence-electron chi connectivity index (χ3n) is 3.97. The molecule has 1 amide bonds. The number of methoxy groups -OCH3 is 1. The number of quaternary nitrogens is 1. The van der Waals surface area contributed by atoms with Gasteiger partial charge in [0.15, 0.2) is 6.04 Å². The molecule has 0 aliphatic heterocycles. The second-order valence-corrected chi connectivity index (χ2v) is 5.81. The molecule has 0 saturated heterocycles. The SMILES string of the molecule is COc1cc([N+](=O)[O-])ccc1NC(=O)[C@@H](C)[NH2+][C@H](C)c1ccccc1. The van der Waals surface area contributed by atoms with E-state index in [1.54, 1.807) is 0 Å². The summed E-state index contributed by atoms with van der Waals surface area (Å²) in [6.07, 6.45) is 0. The molecule has 2 rings (SSSR count). The Bertz CT molecular complexity index is 749. The molecule has 0 unspecified atom stereocenters. The first-order chi connectivity index (χ1) is 11.9. The minimum absolute atomic E-state index is 0.0906. The molecule has 0 aliphatic carbocycles. The summed E-state index contributed by atoms with van der Waals surface area (Å²) in [5.41, 5.74) is 1.45. The van der Waals surface area contributed by atoms with Gasteiger partial charge in [-0.15, -0.1) is 0 Å². The lowest BCUT2D eigenvalue weighted by atomic mass is 10.1. The Balaban J connectivity index is 2.04. The first-order valence-corrected chi connectivity index (χ1v) is 7.95. The highest BCUT2D eigenvalue weighted by atomic mass is 16.6. The van der Waals surface area contributed by atoms with Gasteiger partial charge in [-0.3, -0.25) is 14.9 Å². The van der Waals surface area contributed by atoms with E-state index in [0.717, 1.165) is 5.56 Å². The van der Waals surface area contributed by atoms with Crippen LogP contribution in [0.2, 0.25) is 0 Å². The quantitative estimate of drug-likeness (QED) is 0.594. The number of nitrogens with two attached hydrogens (primary N) is 1. The number of hydrogen-bond acceptors (Lipinski definition) is 4. The number of rotatable bonds is 7. The molecule has 25 heavy (non-hydrogen) atoms. The summed E-state index contributed by atoms with van der Waals surface area (Å²) in [5.74, 6) is 0.0563. The number of nitrogens with one attached hydrogen (secondary N) is 1. The molecule has 132 valence electrons. The maximum absolute atomic E-state index is 12.4. The van der Waals surface area contributed by atoms with Gasteiger partial charge in [-0.1, -0.05) is 30.3 Å². The topological polar surface area (TPSA) is 98.1 Å². The minimum Gasteiger partial charge on any atom is -0.494 e. The van der Waals surface area contributed by atoms with E-state index in [0.29, 0.717) is 5.69 Å². The molecule has 0 fully saturated rings. The summed E-state index contributed by atoms with van der Waals surface area (Å²) in [4.78, 5) is 22.8. The Hall–Kier alpha value is -2.93. The average molecular weight is 344 g/mol. The van der Waals surface area contributed by atoms with E-state index in [9.17, 15) is 14.9 Å². The molecule has 7 heteroatoms. The standard InChI is InChI=1S/C18H21N3O4/c1-12(14-7-5-4-6-8-14)19-13(2)18(22)20-16-10-9-15(21(23)24)11-17(16)25-3/h4-13,19H,1-3H3,(H,20,22)/p+1/t12-,13-/m1/s1. The largest absolute Gasteiger partial charge is 0.494 e. The fourth-order valence-electron chi connectivity index (χ4n) is 2.53. The third kappa shape index (κ3) is 4.77. The highest BCUT2D eigenvalue weighted by molar-refractivity contribution is 5.95. The highest BCUT2D eigenvalue weighted by Crippen LogP contribution is 2.28. The highest BCUT2D eigenvalue weighted by Gasteiger charge is 2.22. The number of carbonyl (C=O) groups is 1. The minimum atomic E-state index is -0.508. The first kappa shape index (κ1) is 18.4. The van der Waals surface area contributed by atoms with Crippen LogP contribution in [0, 0.1) is 10.1 Å². The van der Waals surface area contributed by atoms with E-state index in [1.165, 1.54) is 25.3 Å². The first-order valence-electron chi connectivity index (χ1n) is 7.95. The number of ether oxygens (including phenoxy) is 1. The number of anilines is 1. The van der Waals surface area contributed by atoms with Gasteiger partial charge in [0.1, 0.15) is 11.8 Å². The molecule has 0 aliphatic rings. The molecular weight excluding hydrogens is 322 g/mol. The number of nitro benzene ring substituents is 1. The van der Waals surface area contributed by atoms with Gasteiger partial charge in [0.2, 0.25) is 0 Å². The van der Waals surface area contributed by atoms with Gasteiger partial charge in [0.05, 0.1) is 23.8 Å². The molecule has 0 spiro atoms. The molecule has 3 N–H and O–H groups in total. The van der Waals surface area contributed by atoms with E-state index >= 15 is 0 Å². The zero-order valence-corrected chi connectivity index (χ0v) is 14.4. The average Bonchev–Trinajstić information content (AvgIpc) is 2.62. The van der Waals surface area contributed by atoms with Gasteiger partial charge in [-0.25, -0.2) is 0 Å². The number of benzene rings is 2. The molecule has 0 aromatic heterocycles. The predicted molar refractivity (Wildman–Crippen MR) is 94.5 cm³/mol. The Morgan fingerprint density at radius 2 is 1.88 bits per heavy atom. The molecule has 0 saturated carbocycles. The van der Waals surface area contributed by atoms with Crippen molar-refractivity contribution in [3.8, 4) is 5.75 Å². The van der Waals surface area contributed by atoms with Crippen LogP contribution < -0.4 is 15.4 Å². The lowest BCUT2D eigenvalue weighted by Crippen LogP contribution is -2.91. The van der Waals surface area contributed by atoms with Gasteiger partial charge in [0, 0.05) is 11.6 Å². The lowest BCUT2D eigenvalue weighted by Gasteiger charge is -2.17. The van der Waals surface area contributed by atoms with Crippen molar-refractivity contribution < 1.29 is 19.8 Å². The van der Waals surface area contributed by atoms with Crippen LogP contribution in [0.15, 0.2) is 48.5 Å². The molecule has 0 radical (unpaired) electrons. The Kier molecular flexibility index (Phi) is 6.08. The normalized spacial score (nSPS) is 12.9. The van der Waals surface area contributed by atoms with Crippen molar-refractivity contribution in [1.82, 2.24) is 0 Å². The number of carbonyl (C=O) groups excluding carboxylic acids is 1. The molecular formula is C18H22N3O4+. The summed E-state index contributed by atoms with van der Waals surface area (Å²) in [5, 5.41) is 15.6. The van der Waals surface area contributed by atoms with Crippen molar-refractivity contribution >= 4 is 17.3 Å². The van der Waals surface area contributed by atoms with E-state index in [1.807, 2.05) is 49.5 Å². The summed E-state index contributed by atoms with van der Waals surface area (Å²) in [6, 6.07) is 13.8. The second-order valence-electron chi connectivity index (χ2n) is 5.81. The molecule has 7 nitrogen and oxygen atoms in total. The molecule has 2 atom stereocenters. The van der Waals surface area contributed by atoms with Crippen LogP contribution in [0.4, 0.5) is 11.4 Å². The fourth-order valence-corrected chi connectivity index (χ4v) is 2.53. The maximum Gasteiger partial charge on any atom is 0.282 e. The van der Waals surface area contributed by atoms with Crippen LogP contribution in [0.3, 0.4) is 0 Å². The summed E-state index contributed by atoms with van der Waals surface area (Å²) in [6.45, 7) is 3.85. The van der Waals surface area contributed by atoms with Crippen LogP contribution in [-0.2, 0) is 4.79 Å². The summed E-state index contributed by atoms with van der Waals surface area (Å²) < 4.78 is 5.14. The molecule has 0 heterocycles. The molecule has 2 aromatic rings. The van der Waals surface area contributed by atoms with Crippen molar-refractivity contribution in [3.05, 3.63) is 64.2 Å². The van der Waals surface area contributed by atoms with Crippen LogP contribution >= 0.6 is 0 Å². The van der Waals surface area contributed by atoms with Crippen LogP contribution in [-0.4, -0.2) is 24.0 Å².